The normalized spacial score (nSPS) is 11.3. The number of hydrogen-bond acceptors (Lipinski definition) is 5. The Hall–Kier alpha value is -3.75. The monoisotopic (exact) mass is 426 g/mol. The molecule has 0 saturated heterocycles. The number of benzene rings is 1. The van der Waals surface area contributed by atoms with Crippen molar-refractivity contribution in [3.05, 3.63) is 59.5 Å². The zero-order valence-electron chi connectivity index (χ0n) is 17.1. The van der Waals surface area contributed by atoms with Gasteiger partial charge in [0.15, 0.2) is 11.4 Å². The second kappa shape index (κ2) is 8.17. The number of alkyl halides is 2. The number of carbonyl (C=O) groups excluding carboxylic acids is 1. The fourth-order valence-corrected chi connectivity index (χ4v) is 3.46. The molecule has 0 unspecified atom stereocenters. The number of amides is 1. The lowest BCUT2D eigenvalue weighted by Crippen LogP contribution is -2.20. The minimum Gasteiger partial charge on any atom is -0.495 e. The van der Waals surface area contributed by atoms with Gasteiger partial charge in [-0.2, -0.15) is 5.10 Å². The number of ether oxygens (including phenoxy) is 1. The van der Waals surface area contributed by atoms with Crippen molar-refractivity contribution in [2.24, 2.45) is 0 Å². The van der Waals surface area contributed by atoms with Gasteiger partial charge in [-0.1, -0.05) is 6.07 Å². The predicted octanol–water partition coefficient (Wildman–Crippen LogP) is 4.89. The molecule has 0 bridgehead atoms. The molecule has 160 valence electrons. The predicted molar refractivity (Wildman–Crippen MR) is 111 cm³/mol. The van der Waals surface area contributed by atoms with Gasteiger partial charge in [0.25, 0.3) is 6.43 Å². The highest BCUT2D eigenvalue weighted by Gasteiger charge is 2.22. The molecular weight excluding hydrogens is 406 g/mol. The Morgan fingerprint density at radius 1 is 1.26 bits per heavy atom. The van der Waals surface area contributed by atoms with E-state index in [0.29, 0.717) is 22.9 Å². The van der Waals surface area contributed by atoms with Crippen LogP contribution in [0.4, 0.5) is 14.5 Å². The number of fused-ring (bicyclic) bond motifs is 1. The fraction of sp³-hybridized carbons (Fsp3) is 0.227. The maximum Gasteiger partial charge on any atom is 0.264 e. The van der Waals surface area contributed by atoms with Crippen LogP contribution in [0.15, 0.2) is 47.1 Å². The molecule has 0 atom stereocenters. The number of hydrogen-bond donors (Lipinski definition) is 1. The lowest BCUT2D eigenvalue weighted by Gasteiger charge is -2.11. The van der Waals surface area contributed by atoms with Gasteiger partial charge >= 0.3 is 0 Å². The largest absolute Gasteiger partial charge is 0.495 e. The minimum absolute atomic E-state index is 0.188. The molecule has 31 heavy (non-hydrogen) atoms. The Balaban J connectivity index is 1.73. The summed E-state index contributed by atoms with van der Waals surface area (Å²) in [6.45, 7) is 3.30. The molecule has 1 aromatic carbocycles. The maximum atomic E-state index is 13.8. The van der Waals surface area contributed by atoms with Crippen LogP contribution >= 0.6 is 0 Å². The first-order chi connectivity index (χ1) is 14.9. The number of pyridine rings is 1. The molecule has 0 aliphatic rings. The van der Waals surface area contributed by atoms with Crippen molar-refractivity contribution >= 4 is 22.6 Å². The van der Waals surface area contributed by atoms with E-state index in [1.807, 2.05) is 13.0 Å². The molecule has 4 aromatic rings. The highest BCUT2D eigenvalue weighted by Crippen LogP contribution is 2.33. The summed E-state index contributed by atoms with van der Waals surface area (Å²) >= 11 is 0. The van der Waals surface area contributed by atoms with Crippen LogP contribution in [0.3, 0.4) is 0 Å². The molecule has 3 heterocycles. The van der Waals surface area contributed by atoms with Crippen molar-refractivity contribution in [3.63, 3.8) is 0 Å². The van der Waals surface area contributed by atoms with Crippen LogP contribution in [-0.4, -0.2) is 27.8 Å². The first-order valence-electron chi connectivity index (χ1n) is 9.52. The summed E-state index contributed by atoms with van der Waals surface area (Å²) in [7, 11) is 1.51. The van der Waals surface area contributed by atoms with E-state index in [1.54, 1.807) is 31.2 Å². The summed E-state index contributed by atoms with van der Waals surface area (Å²) in [5, 5.41) is 7.31. The van der Waals surface area contributed by atoms with Gasteiger partial charge in [-0.3, -0.25) is 4.79 Å². The van der Waals surface area contributed by atoms with Gasteiger partial charge in [0.2, 0.25) is 5.91 Å². The third kappa shape index (κ3) is 3.98. The highest BCUT2D eigenvalue weighted by molar-refractivity contribution is 5.93. The molecular formula is C22H20F2N4O3. The summed E-state index contributed by atoms with van der Waals surface area (Å²) in [5.41, 5.74) is 2.05. The Morgan fingerprint density at radius 3 is 2.74 bits per heavy atom. The first-order valence-corrected chi connectivity index (χ1v) is 9.52. The number of aromatic nitrogens is 3. The van der Waals surface area contributed by atoms with Gasteiger partial charge in [-0.05, 0) is 49.7 Å². The number of anilines is 1. The molecule has 0 aliphatic heterocycles. The lowest BCUT2D eigenvalue weighted by atomic mass is 10.1. The molecule has 7 nitrogen and oxygen atoms in total. The molecule has 0 fully saturated rings. The third-order valence-electron chi connectivity index (χ3n) is 4.84. The molecule has 0 aliphatic carbocycles. The van der Waals surface area contributed by atoms with Crippen LogP contribution in [0, 0.1) is 13.8 Å². The molecule has 4 rings (SSSR count). The number of nitrogens with one attached hydrogen (secondary N) is 1. The Kier molecular flexibility index (Phi) is 5.41. The van der Waals surface area contributed by atoms with Crippen LogP contribution in [-0.2, 0) is 11.3 Å². The van der Waals surface area contributed by atoms with Gasteiger partial charge in [0.1, 0.15) is 18.0 Å². The summed E-state index contributed by atoms with van der Waals surface area (Å²) in [4.78, 5) is 17.2. The number of furan rings is 1. The van der Waals surface area contributed by atoms with Crippen molar-refractivity contribution < 1.29 is 22.7 Å². The highest BCUT2D eigenvalue weighted by atomic mass is 19.3. The van der Waals surface area contributed by atoms with E-state index in [1.165, 1.54) is 24.1 Å². The molecule has 0 spiro atoms. The van der Waals surface area contributed by atoms with Crippen LogP contribution in [0.5, 0.6) is 5.75 Å². The second-order valence-electron chi connectivity index (χ2n) is 7.07. The van der Waals surface area contributed by atoms with E-state index in [9.17, 15) is 13.6 Å². The van der Waals surface area contributed by atoms with E-state index in [2.05, 4.69) is 15.4 Å². The summed E-state index contributed by atoms with van der Waals surface area (Å²) in [6.07, 6.45) is -1.30. The van der Waals surface area contributed by atoms with Crippen LogP contribution in [0.25, 0.3) is 22.5 Å². The van der Waals surface area contributed by atoms with Crippen LogP contribution in [0.1, 0.15) is 23.2 Å². The minimum atomic E-state index is -2.74. The average molecular weight is 426 g/mol. The quantitative estimate of drug-likeness (QED) is 0.475. The van der Waals surface area contributed by atoms with Crippen molar-refractivity contribution in [1.29, 1.82) is 0 Å². The number of nitrogens with zero attached hydrogens (tertiary/aromatic N) is 3. The molecule has 0 radical (unpaired) electrons. The van der Waals surface area contributed by atoms with Gasteiger partial charge in [0, 0.05) is 5.56 Å². The Morgan fingerprint density at radius 2 is 2.06 bits per heavy atom. The zero-order valence-corrected chi connectivity index (χ0v) is 17.1. The van der Waals surface area contributed by atoms with Crippen molar-refractivity contribution in [3.8, 4) is 17.2 Å². The van der Waals surface area contributed by atoms with E-state index in [-0.39, 0.29) is 28.8 Å². The Bertz CT molecular complexity index is 1250. The van der Waals surface area contributed by atoms with Crippen molar-refractivity contribution in [2.75, 3.05) is 12.4 Å². The number of rotatable bonds is 6. The number of halogens is 2. The van der Waals surface area contributed by atoms with Gasteiger partial charge in [0.05, 0.1) is 30.1 Å². The summed E-state index contributed by atoms with van der Waals surface area (Å²) < 4.78 is 39.5. The first kappa shape index (κ1) is 20.5. The van der Waals surface area contributed by atoms with E-state index >= 15 is 0 Å². The number of aryl methyl sites for hydroxylation is 2. The molecule has 9 heteroatoms. The third-order valence-corrected chi connectivity index (χ3v) is 4.84. The fourth-order valence-electron chi connectivity index (χ4n) is 3.46. The smallest absolute Gasteiger partial charge is 0.264 e. The van der Waals surface area contributed by atoms with Gasteiger partial charge in [-0.15, -0.1) is 0 Å². The number of carbonyl (C=O) groups is 1. The maximum absolute atomic E-state index is 13.8. The molecule has 1 N–H and O–H groups in total. The average Bonchev–Trinajstić information content (AvgIpc) is 3.36. The standard InChI is InChI=1S/C22H20F2N4O3/c1-12-6-7-17(30-3)15(9-12)25-19(29)11-28-22-20(13(2)27-28)14(21(23)24)10-16(26-22)18-5-4-8-31-18/h4-10,21H,11H2,1-3H3,(H,25,29). The van der Waals surface area contributed by atoms with Gasteiger partial charge < -0.3 is 14.5 Å². The number of methoxy groups -OCH3 is 1. The summed E-state index contributed by atoms with van der Waals surface area (Å²) in [6, 6.07) is 9.98. The molecule has 1 amide bonds. The van der Waals surface area contributed by atoms with Crippen molar-refractivity contribution in [1.82, 2.24) is 14.8 Å². The molecule has 0 saturated carbocycles. The van der Waals surface area contributed by atoms with E-state index < -0.39 is 12.3 Å². The van der Waals surface area contributed by atoms with Crippen LogP contribution < -0.4 is 10.1 Å². The van der Waals surface area contributed by atoms with Crippen molar-refractivity contribution in [2.45, 2.75) is 26.8 Å². The Labute approximate surface area is 176 Å². The topological polar surface area (TPSA) is 82.2 Å². The SMILES string of the molecule is COc1ccc(C)cc1NC(=O)Cn1nc(C)c2c(C(F)F)cc(-c3ccco3)nc21. The molecule has 3 aromatic heterocycles. The van der Waals surface area contributed by atoms with Crippen LogP contribution in [0.2, 0.25) is 0 Å². The second-order valence-corrected chi connectivity index (χ2v) is 7.07. The van der Waals surface area contributed by atoms with E-state index in [4.69, 9.17) is 9.15 Å². The summed E-state index contributed by atoms with van der Waals surface area (Å²) in [5.74, 6) is 0.471. The zero-order chi connectivity index (χ0) is 22.1. The lowest BCUT2D eigenvalue weighted by molar-refractivity contribution is -0.116. The van der Waals surface area contributed by atoms with Gasteiger partial charge in [-0.25, -0.2) is 18.4 Å². The van der Waals surface area contributed by atoms with E-state index in [0.717, 1.165) is 5.56 Å².